The molecule has 6 aromatic rings. The Labute approximate surface area is 275 Å². The normalized spacial score (nSPS) is 11.0. The third-order valence-electron chi connectivity index (χ3n) is 8.40. The van der Waals surface area contributed by atoms with Crippen LogP contribution in [-0.4, -0.2) is 20.4 Å². The lowest BCUT2D eigenvalue weighted by atomic mass is 10.0. The number of aryl methyl sites for hydroxylation is 1. The van der Waals surface area contributed by atoms with Crippen LogP contribution < -0.4 is 9.80 Å². The lowest BCUT2D eigenvalue weighted by Crippen LogP contribution is -2.11. The van der Waals surface area contributed by atoms with Gasteiger partial charge in [-0.15, -0.1) is 0 Å². The van der Waals surface area contributed by atoms with Crippen molar-refractivity contribution in [2.24, 2.45) is 0 Å². The summed E-state index contributed by atoms with van der Waals surface area (Å²) in [5, 5.41) is 38.3. The van der Waals surface area contributed by atoms with E-state index in [9.17, 15) is 20.4 Å². The molecule has 0 atom stereocenters. The molecule has 6 nitrogen and oxygen atoms in total. The van der Waals surface area contributed by atoms with Crippen molar-refractivity contribution in [2.75, 3.05) is 9.80 Å². The molecule has 0 fully saturated rings. The van der Waals surface area contributed by atoms with Gasteiger partial charge in [-0.2, -0.15) is 0 Å². The molecule has 0 spiro atoms. The minimum atomic E-state index is -0.0122. The lowest BCUT2D eigenvalue weighted by Gasteiger charge is -2.28. The zero-order valence-corrected chi connectivity index (χ0v) is 26.3. The standard InChI is InChI=1S/C41H38N2O4/c1-29-24-35(12-23-41(29)43(39-17-6-32(27-46)7-18-39)40-19-8-33(28-47)9-20-40)34-10-21-38(22-11-34)42(36-13-2-30(25-44)3-14-36)37-15-4-31(26-45)5-16-37/h2-24,44-47H,25-28H2,1H3. The smallest absolute Gasteiger partial charge is 0.0681 e. The summed E-state index contributed by atoms with van der Waals surface area (Å²) in [4.78, 5) is 4.34. The first-order valence-electron chi connectivity index (χ1n) is 15.6. The van der Waals surface area contributed by atoms with Gasteiger partial charge in [-0.25, -0.2) is 0 Å². The Morgan fingerprint density at radius 2 is 0.660 bits per heavy atom. The zero-order valence-electron chi connectivity index (χ0n) is 26.3. The highest BCUT2D eigenvalue weighted by atomic mass is 16.3. The van der Waals surface area contributed by atoms with E-state index in [0.717, 1.165) is 73.1 Å². The minimum absolute atomic E-state index is 0.0118. The molecular formula is C41H38N2O4. The fraction of sp³-hybridized carbons (Fsp3) is 0.122. The number of aliphatic hydroxyl groups excluding tert-OH is 4. The maximum absolute atomic E-state index is 9.59. The van der Waals surface area contributed by atoms with Crippen molar-refractivity contribution >= 4 is 34.1 Å². The second kappa shape index (κ2) is 14.5. The molecule has 6 rings (SSSR count). The van der Waals surface area contributed by atoms with Crippen molar-refractivity contribution in [3.05, 3.63) is 167 Å². The van der Waals surface area contributed by atoms with Crippen molar-refractivity contribution in [3.8, 4) is 11.1 Å². The molecular weight excluding hydrogens is 584 g/mol. The first kappa shape index (κ1) is 31.7. The van der Waals surface area contributed by atoms with Gasteiger partial charge in [0.15, 0.2) is 0 Å². The van der Waals surface area contributed by atoms with Crippen LogP contribution in [0.1, 0.15) is 27.8 Å². The third kappa shape index (κ3) is 6.97. The number of hydrogen-bond acceptors (Lipinski definition) is 6. The van der Waals surface area contributed by atoms with Crippen LogP contribution >= 0.6 is 0 Å². The van der Waals surface area contributed by atoms with E-state index in [-0.39, 0.29) is 26.4 Å². The molecule has 0 radical (unpaired) electrons. The Bertz CT molecular complexity index is 1810. The van der Waals surface area contributed by atoms with Gasteiger partial charge in [0.1, 0.15) is 0 Å². The van der Waals surface area contributed by atoms with Gasteiger partial charge in [0.25, 0.3) is 0 Å². The largest absolute Gasteiger partial charge is 0.392 e. The van der Waals surface area contributed by atoms with Gasteiger partial charge in [0.2, 0.25) is 0 Å². The zero-order chi connectivity index (χ0) is 32.8. The number of anilines is 6. The summed E-state index contributed by atoms with van der Waals surface area (Å²) in [6.45, 7) is 2.06. The molecule has 0 unspecified atom stereocenters. The molecule has 0 heterocycles. The van der Waals surface area contributed by atoms with Crippen molar-refractivity contribution in [1.82, 2.24) is 0 Å². The Morgan fingerprint density at radius 1 is 0.362 bits per heavy atom. The summed E-state index contributed by atoms with van der Waals surface area (Å²) in [5.74, 6) is 0. The second-order valence-electron chi connectivity index (χ2n) is 11.5. The average molecular weight is 623 g/mol. The summed E-state index contributed by atoms with van der Waals surface area (Å²) in [7, 11) is 0. The lowest BCUT2D eigenvalue weighted by molar-refractivity contribution is 0.281. The van der Waals surface area contributed by atoms with Crippen LogP contribution in [0.2, 0.25) is 0 Å². The maximum Gasteiger partial charge on any atom is 0.0681 e. The van der Waals surface area contributed by atoms with Crippen LogP contribution in [0, 0.1) is 6.92 Å². The van der Waals surface area contributed by atoms with Crippen LogP contribution in [0.4, 0.5) is 34.1 Å². The van der Waals surface area contributed by atoms with Crippen molar-refractivity contribution < 1.29 is 20.4 Å². The SMILES string of the molecule is Cc1cc(-c2ccc(N(c3ccc(CO)cc3)c3ccc(CO)cc3)cc2)ccc1N(c1ccc(CO)cc1)c1ccc(CO)cc1. The van der Waals surface area contributed by atoms with Gasteiger partial charge in [-0.1, -0.05) is 66.7 Å². The van der Waals surface area contributed by atoms with Crippen LogP contribution in [0.3, 0.4) is 0 Å². The van der Waals surface area contributed by atoms with Gasteiger partial charge in [0.05, 0.1) is 26.4 Å². The van der Waals surface area contributed by atoms with Crippen LogP contribution in [0.5, 0.6) is 0 Å². The van der Waals surface area contributed by atoms with E-state index >= 15 is 0 Å². The van der Waals surface area contributed by atoms with E-state index in [4.69, 9.17) is 0 Å². The number of rotatable bonds is 11. The van der Waals surface area contributed by atoms with E-state index in [1.54, 1.807) is 0 Å². The van der Waals surface area contributed by atoms with Crippen molar-refractivity contribution in [2.45, 2.75) is 33.4 Å². The molecule has 47 heavy (non-hydrogen) atoms. The highest BCUT2D eigenvalue weighted by Crippen LogP contribution is 2.40. The fourth-order valence-electron chi connectivity index (χ4n) is 5.77. The van der Waals surface area contributed by atoms with E-state index in [2.05, 4.69) is 59.2 Å². The predicted molar refractivity (Wildman–Crippen MR) is 190 cm³/mol. The monoisotopic (exact) mass is 622 g/mol. The minimum Gasteiger partial charge on any atom is -0.392 e. The molecule has 0 aliphatic heterocycles. The van der Waals surface area contributed by atoms with Crippen molar-refractivity contribution in [1.29, 1.82) is 0 Å². The van der Waals surface area contributed by atoms with Gasteiger partial charge in [0, 0.05) is 34.1 Å². The number of aliphatic hydroxyl groups is 4. The predicted octanol–water partition coefficient (Wildman–Crippen LogP) is 8.57. The maximum atomic E-state index is 9.59. The van der Waals surface area contributed by atoms with Crippen LogP contribution in [0.15, 0.2) is 140 Å². The molecule has 0 aromatic heterocycles. The van der Waals surface area contributed by atoms with Gasteiger partial charge < -0.3 is 30.2 Å². The highest BCUT2D eigenvalue weighted by Gasteiger charge is 2.17. The number of nitrogens with zero attached hydrogens (tertiary/aromatic N) is 2. The molecule has 6 aromatic carbocycles. The fourth-order valence-corrected chi connectivity index (χ4v) is 5.77. The Kier molecular flexibility index (Phi) is 9.76. The van der Waals surface area contributed by atoms with E-state index < -0.39 is 0 Å². The Hall–Kier alpha value is -5.24. The molecule has 4 N–H and O–H groups in total. The third-order valence-corrected chi connectivity index (χ3v) is 8.40. The molecule has 0 saturated heterocycles. The van der Waals surface area contributed by atoms with Gasteiger partial charge in [-0.05, 0) is 119 Å². The topological polar surface area (TPSA) is 87.4 Å². The molecule has 0 aliphatic rings. The molecule has 6 heteroatoms. The first-order chi connectivity index (χ1) is 23.0. The molecule has 236 valence electrons. The molecule has 0 aliphatic carbocycles. The molecule has 0 bridgehead atoms. The molecule has 0 amide bonds. The van der Waals surface area contributed by atoms with Crippen LogP contribution in [0.25, 0.3) is 11.1 Å². The summed E-state index contributed by atoms with van der Waals surface area (Å²) < 4.78 is 0. The number of benzene rings is 6. The Morgan fingerprint density at radius 3 is 0.979 bits per heavy atom. The van der Waals surface area contributed by atoms with Crippen LogP contribution in [-0.2, 0) is 26.4 Å². The van der Waals surface area contributed by atoms with E-state index in [0.29, 0.717) is 0 Å². The first-order valence-corrected chi connectivity index (χ1v) is 15.6. The number of hydrogen-bond donors (Lipinski definition) is 4. The summed E-state index contributed by atoms with van der Waals surface area (Å²) >= 11 is 0. The summed E-state index contributed by atoms with van der Waals surface area (Å²) in [6, 6.07) is 46.4. The summed E-state index contributed by atoms with van der Waals surface area (Å²) in [6.07, 6.45) is 0. The van der Waals surface area contributed by atoms with Gasteiger partial charge >= 0.3 is 0 Å². The molecule has 0 saturated carbocycles. The van der Waals surface area contributed by atoms with E-state index in [1.165, 1.54) is 0 Å². The highest BCUT2D eigenvalue weighted by molar-refractivity contribution is 5.82. The summed E-state index contributed by atoms with van der Waals surface area (Å²) in [5.41, 5.74) is 12.6. The average Bonchev–Trinajstić information content (AvgIpc) is 3.14. The van der Waals surface area contributed by atoms with Crippen molar-refractivity contribution in [3.63, 3.8) is 0 Å². The quantitative estimate of drug-likeness (QED) is 0.116. The van der Waals surface area contributed by atoms with Gasteiger partial charge in [-0.3, -0.25) is 0 Å². The van der Waals surface area contributed by atoms with E-state index in [1.807, 2.05) is 97.1 Å². The Balaban J connectivity index is 1.34. The second-order valence-corrected chi connectivity index (χ2v) is 11.5.